The van der Waals surface area contributed by atoms with Crippen molar-refractivity contribution in [1.82, 2.24) is 15.2 Å². The first-order valence-corrected chi connectivity index (χ1v) is 11.4. The molecule has 2 aromatic heterocycles. The summed E-state index contributed by atoms with van der Waals surface area (Å²) < 4.78 is 0. The molecular weight excluding hydrogens is 444 g/mol. The molecule has 0 aliphatic heterocycles. The number of hydrogen-bond acceptors (Lipinski definition) is 5. The Labute approximate surface area is 200 Å². The zero-order chi connectivity index (χ0) is 23.3. The van der Waals surface area contributed by atoms with Crippen LogP contribution < -0.4 is 5.32 Å². The van der Waals surface area contributed by atoms with Crippen LogP contribution in [0, 0.1) is 0 Å². The molecule has 0 fully saturated rings. The summed E-state index contributed by atoms with van der Waals surface area (Å²) in [7, 11) is 0. The third-order valence-corrected chi connectivity index (χ3v) is 6.24. The van der Waals surface area contributed by atoms with E-state index < -0.39 is 0 Å². The molecule has 6 nitrogen and oxygen atoms in total. The van der Waals surface area contributed by atoms with E-state index in [1.54, 1.807) is 30.5 Å². The molecule has 7 heteroatoms. The van der Waals surface area contributed by atoms with Crippen LogP contribution in [0.15, 0.2) is 101 Å². The first-order valence-electron chi connectivity index (χ1n) is 10.6. The number of aromatic nitrogens is 3. The zero-order valence-corrected chi connectivity index (χ0v) is 18.8. The Morgan fingerprint density at radius 3 is 2.62 bits per heavy atom. The number of para-hydroxylation sites is 2. The number of hydrogen-bond donors (Lipinski definition) is 3. The number of nitrogens with one attached hydrogen (secondary N) is 2. The molecule has 1 amide bonds. The van der Waals surface area contributed by atoms with Gasteiger partial charge in [0, 0.05) is 21.4 Å². The summed E-state index contributed by atoms with van der Waals surface area (Å²) in [6, 6.07) is 25.9. The smallest absolute Gasteiger partial charge is 0.256 e. The number of phenols is 1. The maximum atomic E-state index is 12.9. The highest BCUT2D eigenvalue weighted by Crippen LogP contribution is 2.33. The molecule has 0 atom stereocenters. The highest BCUT2D eigenvalue weighted by molar-refractivity contribution is 7.99. The van der Waals surface area contributed by atoms with E-state index in [9.17, 15) is 9.90 Å². The summed E-state index contributed by atoms with van der Waals surface area (Å²) in [5, 5.41) is 21.3. The van der Waals surface area contributed by atoms with Crippen LogP contribution in [0.4, 0.5) is 5.69 Å². The van der Waals surface area contributed by atoms with Crippen molar-refractivity contribution >= 4 is 46.4 Å². The Hall–Kier alpha value is -4.36. The van der Waals surface area contributed by atoms with Gasteiger partial charge in [-0.05, 0) is 66.7 Å². The van der Waals surface area contributed by atoms with E-state index in [2.05, 4.69) is 20.5 Å². The topological polar surface area (TPSA) is 90.9 Å². The summed E-state index contributed by atoms with van der Waals surface area (Å²) >= 11 is 1.49. The van der Waals surface area contributed by atoms with Crippen LogP contribution in [0.3, 0.4) is 0 Å². The van der Waals surface area contributed by atoms with Crippen LogP contribution in [0.1, 0.15) is 21.7 Å². The monoisotopic (exact) mass is 464 g/mol. The fourth-order valence-corrected chi connectivity index (χ4v) is 4.47. The Bertz CT molecular complexity index is 1500. The van der Waals surface area contributed by atoms with E-state index in [0.29, 0.717) is 11.3 Å². The van der Waals surface area contributed by atoms with E-state index >= 15 is 0 Å². The van der Waals surface area contributed by atoms with Crippen LogP contribution in [0.2, 0.25) is 0 Å². The maximum Gasteiger partial charge on any atom is 0.256 e. The molecule has 5 aromatic rings. The van der Waals surface area contributed by atoms with E-state index in [-0.39, 0.29) is 11.7 Å². The number of nitrogens with zero attached hydrogens (tertiary/aromatic N) is 2. The van der Waals surface area contributed by atoms with Gasteiger partial charge in [-0.1, -0.05) is 42.1 Å². The van der Waals surface area contributed by atoms with Crippen molar-refractivity contribution < 1.29 is 9.90 Å². The highest BCUT2D eigenvalue weighted by Gasteiger charge is 2.14. The van der Waals surface area contributed by atoms with Crippen LogP contribution in [0.25, 0.3) is 23.1 Å². The molecule has 0 saturated carbocycles. The van der Waals surface area contributed by atoms with Crippen molar-refractivity contribution in [3.05, 3.63) is 108 Å². The number of benzene rings is 3. The molecule has 0 radical (unpaired) electrons. The van der Waals surface area contributed by atoms with Gasteiger partial charge in [0.25, 0.3) is 5.91 Å². The number of aromatic amines is 1. The van der Waals surface area contributed by atoms with Gasteiger partial charge in [0.15, 0.2) is 0 Å². The fraction of sp³-hybridized carbons (Fsp3) is 0. The highest BCUT2D eigenvalue weighted by atomic mass is 32.2. The SMILES string of the molecule is O=C(Nc1ccccc1O)c1ccccc1Sc1ccc2c(/C=C/c3ccccn3)n[nH]c2c1. The first-order chi connectivity index (χ1) is 16.7. The quantitative estimate of drug-likeness (QED) is 0.259. The Kier molecular flexibility index (Phi) is 6.09. The zero-order valence-electron chi connectivity index (χ0n) is 18.0. The lowest BCUT2D eigenvalue weighted by atomic mass is 10.2. The van der Waals surface area contributed by atoms with Gasteiger partial charge < -0.3 is 10.4 Å². The third kappa shape index (κ3) is 4.69. The molecule has 5 rings (SSSR count). The fourth-order valence-electron chi connectivity index (χ4n) is 3.49. The predicted octanol–water partition coefficient (Wildman–Crippen LogP) is 6.24. The van der Waals surface area contributed by atoms with Crippen molar-refractivity contribution in [1.29, 1.82) is 0 Å². The average molecular weight is 465 g/mol. The van der Waals surface area contributed by atoms with Crippen molar-refractivity contribution in [3.8, 4) is 5.75 Å². The van der Waals surface area contributed by atoms with Crippen LogP contribution in [-0.2, 0) is 0 Å². The molecular formula is C27H20N4O2S. The number of pyridine rings is 1. The number of amides is 1. The largest absolute Gasteiger partial charge is 0.506 e. The van der Waals surface area contributed by atoms with E-state index in [1.165, 1.54) is 17.8 Å². The van der Waals surface area contributed by atoms with E-state index in [0.717, 1.165) is 32.1 Å². The van der Waals surface area contributed by atoms with Crippen molar-refractivity contribution in [3.63, 3.8) is 0 Å². The van der Waals surface area contributed by atoms with Gasteiger partial charge in [-0.3, -0.25) is 14.9 Å². The van der Waals surface area contributed by atoms with Crippen molar-refractivity contribution in [2.75, 3.05) is 5.32 Å². The summed E-state index contributed by atoms with van der Waals surface area (Å²) in [6.07, 6.45) is 5.62. The second-order valence-corrected chi connectivity index (χ2v) is 8.59. The van der Waals surface area contributed by atoms with Crippen LogP contribution >= 0.6 is 11.8 Å². The average Bonchev–Trinajstić information content (AvgIpc) is 3.27. The van der Waals surface area contributed by atoms with Gasteiger partial charge in [-0.2, -0.15) is 5.10 Å². The standard InChI is InChI=1S/C27H20N4O2S/c32-25-10-3-2-9-23(25)29-27(33)21-8-1-4-11-26(21)34-19-13-14-20-22(30-31-24(20)17-19)15-12-18-7-5-6-16-28-18/h1-17,32H,(H,29,33)(H,30,31)/b15-12+. The molecule has 0 unspecified atom stereocenters. The lowest BCUT2D eigenvalue weighted by Gasteiger charge is -2.11. The predicted molar refractivity (Wildman–Crippen MR) is 136 cm³/mol. The van der Waals surface area contributed by atoms with Gasteiger partial charge in [-0.25, -0.2) is 0 Å². The molecule has 3 N–H and O–H groups in total. The normalized spacial score (nSPS) is 11.2. The number of fused-ring (bicyclic) bond motifs is 1. The summed E-state index contributed by atoms with van der Waals surface area (Å²) in [5.41, 5.74) is 3.50. The van der Waals surface area contributed by atoms with Gasteiger partial charge in [0.1, 0.15) is 5.75 Å². The van der Waals surface area contributed by atoms with E-state index in [1.807, 2.05) is 66.7 Å². The minimum Gasteiger partial charge on any atom is -0.506 e. The lowest BCUT2D eigenvalue weighted by Crippen LogP contribution is -2.13. The summed E-state index contributed by atoms with van der Waals surface area (Å²) in [4.78, 5) is 19.0. The Morgan fingerprint density at radius 1 is 0.941 bits per heavy atom. The first kappa shape index (κ1) is 21.5. The molecule has 34 heavy (non-hydrogen) atoms. The third-order valence-electron chi connectivity index (χ3n) is 5.18. The van der Waals surface area contributed by atoms with Crippen LogP contribution in [0.5, 0.6) is 5.75 Å². The molecule has 2 heterocycles. The van der Waals surface area contributed by atoms with Gasteiger partial charge in [0.2, 0.25) is 0 Å². The minimum absolute atomic E-state index is 0.0265. The molecule has 166 valence electrons. The molecule has 0 saturated heterocycles. The van der Waals surface area contributed by atoms with Crippen molar-refractivity contribution in [2.45, 2.75) is 9.79 Å². The molecule has 3 aromatic carbocycles. The van der Waals surface area contributed by atoms with Gasteiger partial charge >= 0.3 is 0 Å². The van der Waals surface area contributed by atoms with Crippen molar-refractivity contribution in [2.24, 2.45) is 0 Å². The number of anilines is 1. The maximum absolute atomic E-state index is 12.9. The second-order valence-electron chi connectivity index (χ2n) is 7.47. The van der Waals surface area contributed by atoms with Gasteiger partial charge in [-0.15, -0.1) is 0 Å². The summed E-state index contributed by atoms with van der Waals surface area (Å²) in [5.74, 6) is -0.257. The molecule has 0 aliphatic rings. The number of rotatable bonds is 6. The Balaban J connectivity index is 1.37. The van der Waals surface area contributed by atoms with Crippen LogP contribution in [-0.4, -0.2) is 26.2 Å². The van der Waals surface area contributed by atoms with Gasteiger partial charge in [0.05, 0.1) is 28.2 Å². The summed E-state index contributed by atoms with van der Waals surface area (Å²) in [6.45, 7) is 0. The molecule has 0 aliphatic carbocycles. The molecule has 0 spiro atoms. The minimum atomic E-state index is -0.283. The number of carbonyl (C=O) groups excluding carboxylic acids is 1. The number of carbonyl (C=O) groups is 1. The lowest BCUT2D eigenvalue weighted by molar-refractivity contribution is 0.102. The molecule has 0 bridgehead atoms. The second kappa shape index (κ2) is 9.64. The number of aromatic hydroxyl groups is 1. The van der Waals surface area contributed by atoms with E-state index in [4.69, 9.17) is 0 Å². The number of phenolic OH excluding ortho intramolecular Hbond substituents is 1. The number of H-pyrrole nitrogens is 1. The Morgan fingerprint density at radius 2 is 1.76 bits per heavy atom.